The Hall–Kier alpha value is -1.16. The van der Waals surface area contributed by atoms with E-state index in [-0.39, 0.29) is 32.9 Å². The summed E-state index contributed by atoms with van der Waals surface area (Å²) in [6.07, 6.45) is 0.848. The predicted molar refractivity (Wildman–Crippen MR) is 78.6 cm³/mol. The molecule has 2 rings (SSSR count). The molecule has 0 aromatic heterocycles. The van der Waals surface area contributed by atoms with Crippen molar-refractivity contribution in [2.45, 2.75) is 27.2 Å². The van der Waals surface area contributed by atoms with Crippen molar-refractivity contribution in [1.29, 1.82) is 0 Å². The summed E-state index contributed by atoms with van der Waals surface area (Å²) in [5.41, 5.74) is 2.64. The van der Waals surface area contributed by atoms with Crippen LogP contribution in [0.5, 0.6) is 0 Å². The van der Waals surface area contributed by atoms with Crippen LogP contribution in [0.1, 0.15) is 25.0 Å². The lowest BCUT2D eigenvalue weighted by Gasteiger charge is -2.07. The molecule has 2 aromatic carbocycles. The fourth-order valence-electron chi connectivity index (χ4n) is 1.96. The van der Waals surface area contributed by atoms with E-state index in [0.29, 0.717) is 0 Å². The van der Waals surface area contributed by atoms with Crippen LogP contribution in [0, 0.1) is 20.0 Å². The summed E-state index contributed by atoms with van der Waals surface area (Å²) in [6, 6.07) is 17.3. The molecule has 0 spiro atoms. The largest absolute Gasteiger partial charge is 0.358 e. The minimum atomic E-state index is -0.136. The number of benzene rings is 2. The number of hydrogen-bond acceptors (Lipinski definition) is 1. The second-order valence-electron chi connectivity index (χ2n) is 5.19. The van der Waals surface area contributed by atoms with E-state index >= 15 is 0 Å². The zero-order valence-corrected chi connectivity index (χ0v) is 14.3. The molecule has 0 fully saturated rings. The van der Waals surface area contributed by atoms with Gasteiger partial charge in [-0.25, -0.2) is 0 Å². The zero-order valence-electron chi connectivity index (χ0n) is 12.2. The first kappa shape index (κ1) is 15.2. The van der Waals surface area contributed by atoms with Crippen molar-refractivity contribution >= 4 is 5.78 Å². The fraction of sp³-hybridized carbons (Fsp3) is 0.278. The third kappa shape index (κ3) is 4.17. The molecule has 1 atom stereocenters. The van der Waals surface area contributed by atoms with E-state index in [9.17, 15) is 4.79 Å². The maximum atomic E-state index is 11.4. The molecule has 0 unspecified atom stereocenters. The van der Waals surface area contributed by atoms with Crippen LogP contribution in [0.25, 0.3) is 0 Å². The van der Waals surface area contributed by atoms with E-state index in [1.165, 1.54) is 18.3 Å². The van der Waals surface area contributed by atoms with Crippen LogP contribution in [-0.2, 0) is 11.2 Å². The van der Waals surface area contributed by atoms with Crippen LogP contribution in [0.2, 0.25) is 0 Å². The molecule has 0 aliphatic heterocycles. The number of carbonyl (C=O) groups excluding carboxylic acids is 1. The van der Waals surface area contributed by atoms with Gasteiger partial charge >= 0.3 is 21.2 Å². The molecule has 0 N–H and O–H groups in total. The lowest BCUT2D eigenvalue weighted by Crippen LogP contribution is -3.61. The van der Waals surface area contributed by atoms with E-state index in [1.807, 2.05) is 6.92 Å². The SMILES string of the molecule is CC(=O)[C@@H](C)Cc1ccc(C)c([I+]c2ccccc2)c1. The Morgan fingerprint density at radius 3 is 2.50 bits per heavy atom. The Bertz CT molecular complexity index is 590. The molecular formula is C18H20IO+. The van der Waals surface area contributed by atoms with Gasteiger partial charge in [0, 0.05) is 11.5 Å². The van der Waals surface area contributed by atoms with Gasteiger partial charge < -0.3 is 0 Å². The Morgan fingerprint density at radius 2 is 1.85 bits per heavy atom. The minimum Gasteiger partial charge on any atom is -0.300 e. The summed E-state index contributed by atoms with van der Waals surface area (Å²) in [5.74, 6) is 0.380. The van der Waals surface area contributed by atoms with Crippen molar-refractivity contribution < 1.29 is 26.0 Å². The van der Waals surface area contributed by atoms with Crippen LogP contribution >= 0.6 is 0 Å². The predicted octanol–water partition coefficient (Wildman–Crippen LogP) is 0.891. The fourth-order valence-corrected chi connectivity index (χ4v) is 4.56. The van der Waals surface area contributed by atoms with E-state index in [2.05, 4.69) is 55.5 Å². The monoisotopic (exact) mass is 379 g/mol. The number of aryl methyl sites for hydroxylation is 1. The maximum Gasteiger partial charge on any atom is 0.358 e. The molecule has 2 aromatic rings. The molecule has 0 radical (unpaired) electrons. The summed E-state index contributed by atoms with van der Waals surface area (Å²) in [7, 11) is 0. The van der Waals surface area contributed by atoms with Gasteiger partial charge in [0.05, 0.1) is 0 Å². The number of hydrogen-bond donors (Lipinski definition) is 0. The molecule has 2 heteroatoms. The summed E-state index contributed by atoms with van der Waals surface area (Å²) in [4.78, 5) is 11.4. The normalized spacial score (nSPS) is 12.2. The first-order valence-electron chi connectivity index (χ1n) is 6.86. The van der Waals surface area contributed by atoms with E-state index in [0.717, 1.165) is 6.42 Å². The molecule has 0 amide bonds. The Morgan fingerprint density at radius 1 is 1.15 bits per heavy atom. The first-order chi connectivity index (χ1) is 9.56. The molecule has 0 aliphatic carbocycles. The quantitative estimate of drug-likeness (QED) is 0.706. The Labute approximate surface area is 131 Å². The summed E-state index contributed by atoms with van der Waals surface area (Å²) < 4.78 is 2.90. The number of ketones is 1. The second kappa shape index (κ2) is 7.02. The molecule has 0 aliphatic rings. The number of halogens is 1. The van der Waals surface area contributed by atoms with Gasteiger partial charge in [0.15, 0.2) is 7.14 Å². The van der Waals surface area contributed by atoms with Gasteiger partial charge in [-0.3, -0.25) is 4.79 Å². The van der Waals surface area contributed by atoms with Gasteiger partial charge in [-0.15, -0.1) is 0 Å². The topological polar surface area (TPSA) is 17.1 Å². The zero-order chi connectivity index (χ0) is 14.5. The van der Waals surface area contributed by atoms with Gasteiger partial charge in [-0.05, 0) is 44.0 Å². The van der Waals surface area contributed by atoms with Crippen molar-refractivity contribution in [1.82, 2.24) is 0 Å². The van der Waals surface area contributed by atoms with Gasteiger partial charge in [-0.1, -0.05) is 37.3 Å². The molecule has 0 bridgehead atoms. The third-order valence-corrected chi connectivity index (χ3v) is 6.50. The molecule has 1 nitrogen and oxygen atoms in total. The molecular weight excluding hydrogens is 359 g/mol. The van der Waals surface area contributed by atoms with Gasteiger partial charge in [0.2, 0.25) is 0 Å². The highest BCUT2D eigenvalue weighted by Gasteiger charge is 2.19. The van der Waals surface area contributed by atoms with E-state index < -0.39 is 0 Å². The van der Waals surface area contributed by atoms with Crippen LogP contribution in [0.3, 0.4) is 0 Å². The van der Waals surface area contributed by atoms with Crippen molar-refractivity contribution in [2.24, 2.45) is 5.92 Å². The highest BCUT2D eigenvalue weighted by atomic mass is 127. The minimum absolute atomic E-state index is 0.112. The second-order valence-corrected chi connectivity index (χ2v) is 8.14. The molecule has 104 valence electrons. The summed E-state index contributed by atoms with van der Waals surface area (Å²) in [5, 5.41) is 0. The van der Waals surface area contributed by atoms with Crippen LogP contribution in [0.4, 0.5) is 0 Å². The molecule has 0 saturated carbocycles. The lowest BCUT2D eigenvalue weighted by atomic mass is 9.97. The number of rotatable bonds is 5. The summed E-state index contributed by atoms with van der Waals surface area (Å²) in [6.45, 7) is 5.86. The van der Waals surface area contributed by atoms with Gasteiger partial charge in [0.1, 0.15) is 5.78 Å². The lowest BCUT2D eigenvalue weighted by molar-refractivity contribution is -0.598. The van der Waals surface area contributed by atoms with E-state index in [1.54, 1.807) is 6.92 Å². The first-order valence-corrected chi connectivity index (χ1v) is 9.02. The Balaban J connectivity index is 2.19. The van der Waals surface area contributed by atoms with Crippen molar-refractivity contribution in [3.63, 3.8) is 0 Å². The number of carbonyl (C=O) groups is 1. The van der Waals surface area contributed by atoms with Crippen molar-refractivity contribution in [3.8, 4) is 0 Å². The average Bonchev–Trinajstić information content (AvgIpc) is 2.43. The van der Waals surface area contributed by atoms with E-state index in [4.69, 9.17) is 0 Å². The summed E-state index contributed by atoms with van der Waals surface area (Å²) >= 11 is -0.136. The highest BCUT2D eigenvalue weighted by Crippen LogP contribution is 2.10. The Kier molecular flexibility index (Phi) is 5.35. The highest BCUT2D eigenvalue weighted by molar-refractivity contribution is 5.78. The number of Topliss-reactive ketones (excluding diaryl/α,β-unsaturated/α-hetero) is 1. The van der Waals surface area contributed by atoms with Crippen molar-refractivity contribution in [2.75, 3.05) is 0 Å². The standard InChI is InChI=1S/C18H20IO/c1-13-9-10-16(11-14(2)15(3)20)12-18(13)19-17-7-5-4-6-8-17/h4-10,12,14H,11H2,1-3H3/q+1/t14-/m0/s1. The molecule has 0 saturated heterocycles. The third-order valence-electron chi connectivity index (χ3n) is 3.42. The van der Waals surface area contributed by atoms with Crippen LogP contribution in [0.15, 0.2) is 48.5 Å². The van der Waals surface area contributed by atoms with Gasteiger partial charge in [-0.2, -0.15) is 0 Å². The maximum absolute atomic E-state index is 11.4. The van der Waals surface area contributed by atoms with Crippen LogP contribution in [-0.4, -0.2) is 5.78 Å². The van der Waals surface area contributed by atoms with Crippen LogP contribution < -0.4 is 21.2 Å². The van der Waals surface area contributed by atoms with Crippen molar-refractivity contribution in [3.05, 3.63) is 66.8 Å². The molecule has 20 heavy (non-hydrogen) atoms. The smallest absolute Gasteiger partial charge is 0.300 e. The molecule has 0 heterocycles. The average molecular weight is 379 g/mol. The van der Waals surface area contributed by atoms with Gasteiger partial charge in [0.25, 0.3) is 0 Å².